The Labute approximate surface area is 128 Å². The van der Waals surface area contributed by atoms with E-state index >= 15 is 0 Å². The number of carbonyl (C=O) groups excluding carboxylic acids is 1. The Balaban J connectivity index is 3.22. The molecule has 0 bridgehead atoms. The average Bonchev–Trinajstić information content (AvgIpc) is 2.26. The summed E-state index contributed by atoms with van der Waals surface area (Å²) < 4.78 is 45.3. The highest BCUT2D eigenvalue weighted by Gasteiger charge is 2.33. The van der Waals surface area contributed by atoms with Crippen molar-refractivity contribution < 1.29 is 27.4 Å². The summed E-state index contributed by atoms with van der Waals surface area (Å²) >= 11 is 4.95. The van der Waals surface area contributed by atoms with Crippen LogP contribution in [0.4, 0.5) is 13.2 Å². The van der Waals surface area contributed by atoms with E-state index in [1.807, 2.05) is 0 Å². The lowest BCUT2D eigenvalue weighted by Gasteiger charge is -2.12. The monoisotopic (exact) mass is 453 g/mol. The lowest BCUT2D eigenvalue weighted by atomic mass is 10.2. The van der Waals surface area contributed by atoms with E-state index in [-0.39, 0.29) is 17.6 Å². The van der Waals surface area contributed by atoms with Crippen molar-refractivity contribution in [1.82, 2.24) is 4.98 Å². The van der Waals surface area contributed by atoms with Gasteiger partial charge in [0.05, 0.1) is 6.61 Å². The molecule has 0 saturated heterocycles. The second kappa shape index (κ2) is 6.73. The average molecular weight is 454 g/mol. The number of hydrogen-bond donors (Lipinski definition) is 0. The van der Waals surface area contributed by atoms with Gasteiger partial charge in [0.15, 0.2) is 5.69 Å². The summed E-state index contributed by atoms with van der Waals surface area (Å²) in [6.07, 6.45) is -4.86. The van der Waals surface area contributed by atoms with Crippen LogP contribution in [0.2, 0.25) is 0 Å². The van der Waals surface area contributed by atoms with Crippen molar-refractivity contribution in [2.45, 2.75) is 18.6 Å². The van der Waals surface area contributed by atoms with Gasteiger partial charge in [-0.15, -0.1) is 13.2 Å². The maximum Gasteiger partial charge on any atom is 0.574 e. The maximum absolute atomic E-state index is 12.1. The Kier molecular flexibility index (Phi) is 5.83. The fourth-order valence-corrected chi connectivity index (χ4v) is 2.99. The molecule has 0 spiro atoms. The summed E-state index contributed by atoms with van der Waals surface area (Å²) in [5.41, 5.74) is 0.262. The molecule has 0 N–H and O–H groups in total. The zero-order chi connectivity index (χ0) is 14.6. The van der Waals surface area contributed by atoms with Crippen LogP contribution in [0.3, 0.4) is 0 Å². The number of pyridine rings is 1. The van der Waals surface area contributed by atoms with E-state index in [9.17, 15) is 18.0 Å². The normalized spacial score (nSPS) is 11.3. The summed E-state index contributed by atoms with van der Waals surface area (Å²) in [5, 5.41) is 0.263. The highest BCUT2D eigenvalue weighted by Crippen LogP contribution is 2.27. The number of esters is 1. The molecule has 1 aromatic rings. The summed E-state index contributed by atoms with van der Waals surface area (Å²) in [4.78, 5) is 15.2. The van der Waals surface area contributed by atoms with Gasteiger partial charge in [-0.25, -0.2) is 9.78 Å². The molecular weight excluding hydrogens is 446 g/mol. The molecule has 0 unspecified atom stereocenters. The molecule has 0 aliphatic heterocycles. The first-order chi connectivity index (χ1) is 8.78. The maximum atomic E-state index is 12.1. The predicted octanol–water partition coefficient (Wildman–Crippen LogP) is 3.66. The van der Waals surface area contributed by atoms with Crippen LogP contribution in [-0.2, 0) is 10.1 Å². The molecule has 19 heavy (non-hydrogen) atoms. The summed E-state index contributed by atoms with van der Waals surface area (Å²) in [7, 11) is 0. The highest BCUT2D eigenvalue weighted by atomic mass is 127. The Morgan fingerprint density at radius 1 is 1.53 bits per heavy atom. The third-order valence-electron chi connectivity index (χ3n) is 1.87. The van der Waals surface area contributed by atoms with Crippen LogP contribution in [0, 0.1) is 3.57 Å². The smallest absolute Gasteiger partial charge is 0.461 e. The van der Waals surface area contributed by atoms with Gasteiger partial charge in [0.1, 0.15) is 0 Å². The zero-order valence-electron chi connectivity index (χ0n) is 9.55. The van der Waals surface area contributed by atoms with Gasteiger partial charge in [-0.3, -0.25) is 0 Å². The first kappa shape index (κ1) is 16.5. The third-order valence-corrected chi connectivity index (χ3v) is 3.39. The van der Waals surface area contributed by atoms with Crippen LogP contribution in [0.1, 0.15) is 23.0 Å². The third kappa shape index (κ3) is 4.79. The standard InChI is InChI=1S/C10H8BrF3INO3/c1-2-18-9(17)8-5(4-11)6(15)3-7(16-8)19-10(12,13)14/h3H,2,4H2,1H3. The van der Waals surface area contributed by atoms with Crippen molar-refractivity contribution in [3.63, 3.8) is 0 Å². The summed E-state index contributed by atoms with van der Waals surface area (Å²) in [5.74, 6) is -1.48. The van der Waals surface area contributed by atoms with Crippen molar-refractivity contribution in [3.8, 4) is 5.88 Å². The van der Waals surface area contributed by atoms with Gasteiger partial charge in [-0.2, -0.15) is 0 Å². The molecule has 106 valence electrons. The largest absolute Gasteiger partial charge is 0.574 e. The van der Waals surface area contributed by atoms with E-state index in [1.54, 1.807) is 29.5 Å². The topological polar surface area (TPSA) is 48.4 Å². The molecule has 0 aliphatic carbocycles. The Bertz CT molecular complexity index is 482. The molecule has 0 radical (unpaired) electrons. The number of hydrogen-bond acceptors (Lipinski definition) is 4. The molecular formula is C10H8BrF3INO3. The number of halogens is 5. The van der Waals surface area contributed by atoms with E-state index < -0.39 is 18.2 Å². The molecule has 1 heterocycles. The van der Waals surface area contributed by atoms with E-state index in [2.05, 4.69) is 25.7 Å². The van der Waals surface area contributed by atoms with E-state index in [1.165, 1.54) is 0 Å². The van der Waals surface area contributed by atoms with Gasteiger partial charge >= 0.3 is 12.3 Å². The van der Waals surface area contributed by atoms with Crippen LogP contribution in [0.25, 0.3) is 0 Å². The Morgan fingerprint density at radius 3 is 2.63 bits per heavy atom. The van der Waals surface area contributed by atoms with Crippen molar-refractivity contribution in [2.75, 3.05) is 6.61 Å². The lowest BCUT2D eigenvalue weighted by molar-refractivity contribution is -0.276. The quantitative estimate of drug-likeness (QED) is 0.396. The van der Waals surface area contributed by atoms with Crippen LogP contribution in [0.5, 0.6) is 5.88 Å². The first-order valence-corrected chi connectivity index (χ1v) is 7.16. The lowest BCUT2D eigenvalue weighted by Crippen LogP contribution is -2.20. The fraction of sp³-hybridized carbons (Fsp3) is 0.400. The SMILES string of the molecule is CCOC(=O)c1nc(OC(F)(F)F)cc(I)c1CBr. The predicted molar refractivity (Wildman–Crippen MR) is 72.2 cm³/mol. The Morgan fingerprint density at radius 2 is 2.16 bits per heavy atom. The minimum absolute atomic E-state index is 0.100. The minimum atomic E-state index is -4.86. The number of alkyl halides is 4. The molecule has 1 aromatic heterocycles. The van der Waals surface area contributed by atoms with Crippen LogP contribution >= 0.6 is 38.5 Å². The molecule has 0 amide bonds. The molecule has 9 heteroatoms. The molecule has 0 atom stereocenters. The highest BCUT2D eigenvalue weighted by molar-refractivity contribution is 14.1. The molecule has 0 aliphatic rings. The number of rotatable bonds is 4. The van der Waals surface area contributed by atoms with Gasteiger partial charge in [-0.05, 0) is 29.5 Å². The zero-order valence-corrected chi connectivity index (χ0v) is 13.3. The summed E-state index contributed by atoms with van der Waals surface area (Å²) in [6, 6.07) is 1.10. The van der Waals surface area contributed by atoms with Crippen molar-refractivity contribution in [1.29, 1.82) is 0 Å². The van der Waals surface area contributed by atoms with E-state index in [0.717, 1.165) is 6.07 Å². The van der Waals surface area contributed by atoms with Crippen molar-refractivity contribution in [3.05, 3.63) is 20.9 Å². The molecule has 0 saturated carbocycles. The second-order valence-electron chi connectivity index (χ2n) is 3.17. The fourth-order valence-electron chi connectivity index (χ4n) is 1.18. The molecule has 0 aromatic carbocycles. The Hall–Kier alpha value is -0.580. The van der Waals surface area contributed by atoms with E-state index in [4.69, 9.17) is 4.74 Å². The van der Waals surface area contributed by atoms with Crippen molar-refractivity contribution in [2.24, 2.45) is 0 Å². The number of carbonyl (C=O) groups is 1. The van der Waals surface area contributed by atoms with Gasteiger partial charge in [0, 0.05) is 20.5 Å². The number of ether oxygens (including phenoxy) is 2. The van der Waals surface area contributed by atoms with Gasteiger partial charge in [0.25, 0.3) is 0 Å². The summed E-state index contributed by atoms with van der Waals surface area (Å²) in [6.45, 7) is 1.69. The second-order valence-corrected chi connectivity index (χ2v) is 4.89. The van der Waals surface area contributed by atoms with Crippen LogP contribution in [-0.4, -0.2) is 23.9 Å². The number of aromatic nitrogens is 1. The van der Waals surface area contributed by atoms with Crippen molar-refractivity contribution >= 4 is 44.5 Å². The molecule has 0 fully saturated rings. The number of nitrogens with zero attached hydrogens (tertiary/aromatic N) is 1. The minimum Gasteiger partial charge on any atom is -0.461 e. The first-order valence-electron chi connectivity index (χ1n) is 4.96. The van der Waals surface area contributed by atoms with Crippen LogP contribution < -0.4 is 4.74 Å². The van der Waals surface area contributed by atoms with E-state index in [0.29, 0.717) is 9.13 Å². The molecule has 4 nitrogen and oxygen atoms in total. The van der Waals surface area contributed by atoms with Gasteiger partial charge in [0.2, 0.25) is 5.88 Å². The van der Waals surface area contributed by atoms with Crippen LogP contribution in [0.15, 0.2) is 6.07 Å². The van der Waals surface area contributed by atoms with Gasteiger partial charge in [-0.1, -0.05) is 15.9 Å². The van der Waals surface area contributed by atoms with Gasteiger partial charge < -0.3 is 9.47 Å². The molecule has 1 rings (SSSR count).